The molecule has 2 rings (SSSR count). The van der Waals surface area contributed by atoms with Crippen molar-refractivity contribution in [2.75, 3.05) is 5.73 Å². The number of nitrogen functional groups attached to an aromatic ring is 1. The molecule has 21 heavy (non-hydrogen) atoms. The molecule has 0 amide bonds. The number of sulfone groups is 1. The number of aromatic nitrogens is 3. The Morgan fingerprint density at radius 2 is 2.10 bits per heavy atom. The third-order valence-corrected chi connectivity index (χ3v) is 5.78. The van der Waals surface area contributed by atoms with Crippen molar-refractivity contribution in [1.82, 2.24) is 14.8 Å². The minimum absolute atomic E-state index is 0.103. The maximum atomic E-state index is 12.6. The second kappa shape index (κ2) is 6.15. The third-order valence-electron chi connectivity index (χ3n) is 3.17. The summed E-state index contributed by atoms with van der Waals surface area (Å²) in [5, 5.41) is 4.41. The van der Waals surface area contributed by atoms with Gasteiger partial charge in [0.05, 0.1) is 38.4 Å². The summed E-state index contributed by atoms with van der Waals surface area (Å²) in [4.78, 5) is 3.92. The topological polar surface area (TPSA) is 90.9 Å². The number of anilines is 1. The largest absolute Gasteiger partial charge is 0.396 e. The van der Waals surface area contributed by atoms with Crippen LogP contribution in [0.1, 0.15) is 25.2 Å². The second-order valence-corrected chi connectivity index (χ2v) is 7.30. The Hall–Kier alpha value is -1.41. The number of nitrogens with zero attached hydrogens (tertiary/aromatic N) is 3. The van der Waals surface area contributed by atoms with Crippen LogP contribution in [0.3, 0.4) is 0 Å². The molecule has 0 unspecified atom stereocenters. The third kappa shape index (κ3) is 3.11. The number of nitrogens with two attached hydrogens (primary N) is 1. The fraction of sp³-hybridized carbons (Fsp3) is 0.385. The molecular weight excluding hydrogens is 356 g/mol. The lowest BCUT2D eigenvalue weighted by atomic mass is 10.3. The quantitative estimate of drug-likeness (QED) is 0.868. The molecule has 0 aliphatic rings. The van der Waals surface area contributed by atoms with E-state index in [2.05, 4.69) is 26.0 Å². The van der Waals surface area contributed by atoms with E-state index in [9.17, 15) is 8.42 Å². The fourth-order valence-electron chi connectivity index (χ4n) is 2.09. The average molecular weight is 373 g/mol. The van der Waals surface area contributed by atoms with Crippen molar-refractivity contribution in [1.29, 1.82) is 0 Å². The van der Waals surface area contributed by atoms with Crippen LogP contribution < -0.4 is 5.73 Å². The monoisotopic (exact) mass is 372 g/mol. The van der Waals surface area contributed by atoms with Crippen LogP contribution in [-0.2, 0) is 28.6 Å². The lowest BCUT2D eigenvalue weighted by Crippen LogP contribution is -2.12. The molecule has 0 aromatic carbocycles. The normalized spacial score (nSPS) is 11.8. The maximum Gasteiger partial charge on any atom is 0.186 e. The lowest BCUT2D eigenvalue weighted by Gasteiger charge is -2.09. The second-order valence-electron chi connectivity index (χ2n) is 4.55. The standard InChI is InChI=1S/C13H17BrN4O2S/c1-3-10-13(14)11(18(4-2)17-10)8-21(19,20)12-5-6-16-7-9(12)15/h5-7H,3-4,8,15H2,1-2H3. The van der Waals surface area contributed by atoms with Gasteiger partial charge in [-0.3, -0.25) is 9.67 Å². The van der Waals surface area contributed by atoms with Crippen LogP contribution in [0.5, 0.6) is 0 Å². The van der Waals surface area contributed by atoms with Crippen LogP contribution >= 0.6 is 15.9 Å². The van der Waals surface area contributed by atoms with Gasteiger partial charge in [-0.2, -0.15) is 5.10 Å². The van der Waals surface area contributed by atoms with Crippen molar-refractivity contribution >= 4 is 31.5 Å². The Morgan fingerprint density at radius 1 is 1.38 bits per heavy atom. The van der Waals surface area contributed by atoms with Crippen LogP contribution in [0, 0.1) is 0 Å². The van der Waals surface area contributed by atoms with E-state index in [-0.39, 0.29) is 16.3 Å². The van der Waals surface area contributed by atoms with E-state index in [1.807, 2.05) is 13.8 Å². The fourth-order valence-corrected chi connectivity index (χ4v) is 4.47. The highest BCUT2D eigenvalue weighted by Gasteiger charge is 2.24. The average Bonchev–Trinajstić information content (AvgIpc) is 2.75. The molecule has 0 fully saturated rings. The van der Waals surface area contributed by atoms with Gasteiger partial charge in [0, 0.05) is 12.7 Å². The van der Waals surface area contributed by atoms with E-state index < -0.39 is 9.84 Å². The zero-order chi connectivity index (χ0) is 15.6. The zero-order valence-electron chi connectivity index (χ0n) is 11.9. The first-order valence-corrected chi connectivity index (χ1v) is 9.01. The van der Waals surface area contributed by atoms with Gasteiger partial charge in [0.15, 0.2) is 9.84 Å². The molecule has 0 atom stereocenters. The highest BCUT2D eigenvalue weighted by molar-refractivity contribution is 9.10. The molecule has 0 saturated carbocycles. The number of halogens is 1. The molecule has 8 heteroatoms. The summed E-state index contributed by atoms with van der Waals surface area (Å²) in [7, 11) is -3.55. The van der Waals surface area contributed by atoms with E-state index in [1.165, 1.54) is 18.5 Å². The molecule has 0 spiro atoms. The van der Waals surface area contributed by atoms with Crippen molar-refractivity contribution in [2.24, 2.45) is 0 Å². The van der Waals surface area contributed by atoms with Gasteiger partial charge in [0.25, 0.3) is 0 Å². The van der Waals surface area contributed by atoms with Crippen molar-refractivity contribution in [3.63, 3.8) is 0 Å². The molecule has 2 aromatic heterocycles. The number of pyridine rings is 1. The highest BCUT2D eigenvalue weighted by Crippen LogP contribution is 2.28. The van der Waals surface area contributed by atoms with Crippen LogP contribution in [-0.4, -0.2) is 23.2 Å². The predicted molar refractivity (Wildman–Crippen MR) is 84.5 cm³/mol. The smallest absolute Gasteiger partial charge is 0.186 e. The first-order valence-electron chi connectivity index (χ1n) is 6.57. The number of hydrogen-bond acceptors (Lipinski definition) is 5. The Bertz CT molecular complexity index is 756. The summed E-state index contributed by atoms with van der Waals surface area (Å²) in [6, 6.07) is 1.42. The van der Waals surface area contributed by atoms with Gasteiger partial charge < -0.3 is 5.73 Å². The van der Waals surface area contributed by atoms with Crippen molar-refractivity contribution in [2.45, 2.75) is 37.5 Å². The Balaban J connectivity index is 2.47. The molecule has 0 aliphatic carbocycles. The number of rotatable bonds is 5. The van der Waals surface area contributed by atoms with Crippen LogP contribution in [0.25, 0.3) is 0 Å². The predicted octanol–water partition coefficient (Wildman–Crippen LogP) is 2.18. The van der Waals surface area contributed by atoms with Gasteiger partial charge in [-0.25, -0.2) is 8.42 Å². The van der Waals surface area contributed by atoms with Gasteiger partial charge in [-0.1, -0.05) is 6.92 Å². The summed E-state index contributed by atoms with van der Waals surface area (Å²) in [6.07, 6.45) is 3.50. The lowest BCUT2D eigenvalue weighted by molar-refractivity contribution is 0.585. The Morgan fingerprint density at radius 3 is 2.67 bits per heavy atom. The van der Waals surface area contributed by atoms with Gasteiger partial charge in [-0.05, 0) is 35.3 Å². The van der Waals surface area contributed by atoms with Gasteiger partial charge in [-0.15, -0.1) is 0 Å². The van der Waals surface area contributed by atoms with Crippen LogP contribution in [0.15, 0.2) is 27.8 Å². The van der Waals surface area contributed by atoms with Crippen LogP contribution in [0.4, 0.5) is 5.69 Å². The molecule has 2 heterocycles. The SMILES string of the molecule is CCc1nn(CC)c(CS(=O)(=O)c2ccncc2N)c1Br. The highest BCUT2D eigenvalue weighted by atomic mass is 79.9. The summed E-state index contributed by atoms with van der Waals surface area (Å²) in [6.45, 7) is 4.51. The summed E-state index contributed by atoms with van der Waals surface area (Å²) in [5.41, 5.74) is 7.38. The van der Waals surface area contributed by atoms with E-state index in [0.29, 0.717) is 12.2 Å². The van der Waals surface area contributed by atoms with Crippen molar-refractivity contribution < 1.29 is 8.42 Å². The van der Waals surface area contributed by atoms with Crippen LogP contribution in [0.2, 0.25) is 0 Å². The molecule has 0 bridgehead atoms. The molecule has 6 nitrogen and oxygen atoms in total. The van der Waals surface area contributed by atoms with E-state index in [1.54, 1.807) is 4.68 Å². The van der Waals surface area contributed by atoms with Gasteiger partial charge >= 0.3 is 0 Å². The van der Waals surface area contributed by atoms with Gasteiger partial charge in [0.1, 0.15) is 0 Å². The molecule has 0 radical (unpaired) electrons. The first-order chi connectivity index (χ1) is 9.90. The summed E-state index contributed by atoms with van der Waals surface area (Å²) in [5.74, 6) is -0.150. The molecule has 114 valence electrons. The Kier molecular flexibility index (Phi) is 4.67. The van der Waals surface area contributed by atoms with Crippen molar-refractivity contribution in [3.8, 4) is 0 Å². The van der Waals surface area contributed by atoms with Gasteiger partial charge in [0.2, 0.25) is 0 Å². The summed E-state index contributed by atoms with van der Waals surface area (Å²) < 4.78 is 27.6. The van der Waals surface area contributed by atoms with E-state index >= 15 is 0 Å². The first kappa shape index (κ1) is 16.0. The molecule has 0 aliphatic heterocycles. The zero-order valence-corrected chi connectivity index (χ0v) is 14.3. The molecular formula is C13H17BrN4O2S. The minimum Gasteiger partial charge on any atom is -0.396 e. The number of hydrogen-bond donors (Lipinski definition) is 1. The minimum atomic E-state index is -3.55. The van der Waals surface area contributed by atoms with Crippen molar-refractivity contribution in [3.05, 3.63) is 34.3 Å². The molecule has 2 aromatic rings. The number of aryl methyl sites for hydroxylation is 2. The maximum absolute atomic E-state index is 12.6. The molecule has 2 N–H and O–H groups in total. The van der Waals surface area contributed by atoms with E-state index in [0.717, 1.165) is 16.6 Å². The molecule has 0 saturated heterocycles. The summed E-state index contributed by atoms with van der Waals surface area (Å²) >= 11 is 3.46. The van der Waals surface area contributed by atoms with E-state index in [4.69, 9.17) is 5.73 Å². The Labute approximate surface area is 132 Å².